The molecule has 0 fully saturated rings. The number of nitro groups is 1. The zero-order valence-corrected chi connectivity index (χ0v) is 18.9. The van der Waals surface area contributed by atoms with Crippen LogP contribution in [0.5, 0.6) is 0 Å². The average molecular weight is 477 g/mol. The molecule has 0 radical (unpaired) electrons. The number of nitro benzene ring substituents is 1. The predicted molar refractivity (Wildman–Crippen MR) is 134 cm³/mol. The summed E-state index contributed by atoms with van der Waals surface area (Å²) in [7, 11) is 0. The van der Waals surface area contributed by atoms with Gasteiger partial charge >= 0.3 is 0 Å². The molecule has 1 N–H and O–H groups in total. The number of carbonyl (C=O) groups is 2. The van der Waals surface area contributed by atoms with Gasteiger partial charge in [-0.25, -0.2) is 4.99 Å². The molecular weight excluding hydrogens is 458 g/mol. The zero-order valence-electron chi connectivity index (χ0n) is 18.9. The zero-order chi connectivity index (χ0) is 24.8. The number of rotatable bonds is 4. The van der Waals surface area contributed by atoms with Crippen molar-refractivity contribution in [2.75, 3.05) is 11.4 Å². The van der Waals surface area contributed by atoms with E-state index in [0.717, 1.165) is 10.8 Å². The first-order chi connectivity index (χ1) is 17.5. The maximum atomic E-state index is 13.6. The number of carbonyl (C=O) groups excluding carboxylic acids is 2. The SMILES string of the molecule is O=C(N[C@@H]1N=C(c2ccccc2)c2cc([N+](=O)[O-])cc3c2N(CC3)C1=O)c1cc2ccccc2cn1. The number of benzene rings is 3. The lowest BCUT2D eigenvalue weighted by Gasteiger charge is -2.20. The van der Waals surface area contributed by atoms with Crippen LogP contribution in [-0.2, 0) is 11.2 Å². The van der Waals surface area contributed by atoms with E-state index in [-0.39, 0.29) is 11.4 Å². The number of nitrogens with zero attached hydrogens (tertiary/aromatic N) is 4. The second-order valence-corrected chi connectivity index (χ2v) is 8.63. The van der Waals surface area contributed by atoms with Gasteiger partial charge in [-0.3, -0.25) is 24.7 Å². The van der Waals surface area contributed by atoms with Crippen LogP contribution in [0.4, 0.5) is 11.4 Å². The van der Waals surface area contributed by atoms with Gasteiger partial charge in [-0.1, -0.05) is 54.6 Å². The van der Waals surface area contributed by atoms with Gasteiger partial charge in [0.15, 0.2) is 0 Å². The number of aliphatic imine (C=N–C) groups is 1. The molecule has 176 valence electrons. The van der Waals surface area contributed by atoms with Gasteiger partial charge in [0.05, 0.1) is 16.3 Å². The van der Waals surface area contributed by atoms with E-state index in [9.17, 15) is 19.7 Å². The fourth-order valence-electron chi connectivity index (χ4n) is 4.76. The minimum Gasteiger partial charge on any atom is -0.321 e. The maximum Gasteiger partial charge on any atom is 0.272 e. The first-order valence-corrected chi connectivity index (χ1v) is 11.4. The minimum atomic E-state index is -1.22. The third-order valence-corrected chi connectivity index (χ3v) is 6.45. The van der Waals surface area contributed by atoms with Crippen molar-refractivity contribution in [3.63, 3.8) is 0 Å². The third kappa shape index (κ3) is 3.58. The lowest BCUT2D eigenvalue weighted by Crippen LogP contribution is -2.47. The molecule has 0 aliphatic carbocycles. The largest absolute Gasteiger partial charge is 0.321 e. The third-order valence-electron chi connectivity index (χ3n) is 6.45. The predicted octanol–water partition coefficient (Wildman–Crippen LogP) is 3.64. The Morgan fingerprint density at radius 3 is 2.56 bits per heavy atom. The average Bonchev–Trinajstić information content (AvgIpc) is 3.30. The Kier molecular flexibility index (Phi) is 5.03. The van der Waals surface area contributed by atoms with E-state index >= 15 is 0 Å². The first-order valence-electron chi connectivity index (χ1n) is 11.4. The van der Waals surface area contributed by atoms with Crippen molar-refractivity contribution in [2.45, 2.75) is 12.6 Å². The van der Waals surface area contributed by atoms with Crippen LogP contribution in [0.2, 0.25) is 0 Å². The molecule has 36 heavy (non-hydrogen) atoms. The number of aromatic nitrogens is 1. The standard InChI is InChI=1S/C27H19N5O4/c33-26(22-13-17-8-4-5-9-19(17)15-28-22)30-25-27(34)31-11-10-18-12-20(32(35)36)14-21(24(18)31)23(29-25)16-6-2-1-3-7-16/h1-9,12-15,25H,10-11H2,(H,30,33)/t25-/m0/s1. The van der Waals surface area contributed by atoms with E-state index in [0.29, 0.717) is 41.1 Å². The van der Waals surface area contributed by atoms with Gasteiger partial charge in [0, 0.05) is 41.4 Å². The molecule has 1 aromatic heterocycles. The van der Waals surface area contributed by atoms with Crippen molar-refractivity contribution in [3.05, 3.63) is 111 Å². The van der Waals surface area contributed by atoms with Crippen molar-refractivity contribution in [1.82, 2.24) is 10.3 Å². The van der Waals surface area contributed by atoms with Crippen LogP contribution in [-0.4, -0.2) is 40.1 Å². The summed E-state index contributed by atoms with van der Waals surface area (Å²) in [5, 5.41) is 16.1. The van der Waals surface area contributed by atoms with E-state index in [4.69, 9.17) is 0 Å². The number of fused-ring (bicyclic) bond motifs is 1. The van der Waals surface area contributed by atoms with Crippen molar-refractivity contribution in [3.8, 4) is 0 Å². The molecule has 0 bridgehead atoms. The van der Waals surface area contributed by atoms with Gasteiger partial charge in [-0.15, -0.1) is 0 Å². The Bertz CT molecular complexity index is 1600. The highest BCUT2D eigenvalue weighted by Crippen LogP contribution is 2.39. The maximum absolute atomic E-state index is 13.6. The van der Waals surface area contributed by atoms with Crippen LogP contribution in [0.1, 0.15) is 27.2 Å². The normalized spacial score (nSPS) is 16.3. The number of nitrogens with one attached hydrogen (secondary N) is 1. The summed E-state index contributed by atoms with van der Waals surface area (Å²) in [6.07, 6.45) is 0.864. The van der Waals surface area contributed by atoms with Gasteiger partial charge in [0.25, 0.3) is 17.5 Å². The number of hydrogen-bond donors (Lipinski definition) is 1. The van der Waals surface area contributed by atoms with Gasteiger partial charge in [-0.05, 0) is 23.4 Å². The summed E-state index contributed by atoms with van der Waals surface area (Å²) >= 11 is 0. The van der Waals surface area contributed by atoms with Crippen molar-refractivity contribution in [2.24, 2.45) is 4.99 Å². The van der Waals surface area contributed by atoms with Crippen LogP contribution in [0.15, 0.2) is 84.0 Å². The summed E-state index contributed by atoms with van der Waals surface area (Å²) in [5.74, 6) is -0.935. The molecule has 6 rings (SSSR count). The molecule has 3 heterocycles. The van der Waals surface area contributed by atoms with Crippen LogP contribution < -0.4 is 10.2 Å². The van der Waals surface area contributed by atoms with Crippen molar-refractivity contribution in [1.29, 1.82) is 0 Å². The van der Waals surface area contributed by atoms with Crippen LogP contribution >= 0.6 is 0 Å². The fourth-order valence-corrected chi connectivity index (χ4v) is 4.76. The molecule has 0 unspecified atom stereocenters. The number of anilines is 1. The van der Waals surface area contributed by atoms with E-state index < -0.39 is 22.9 Å². The second-order valence-electron chi connectivity index (χ2n) is 8.63. The topological polar surface area (TPSA) is 118 Å². The van der Waals surface area contributed by atoms with Crippen LogP contribution in [0, 0.1) is 10.1 Å². The summed E-state index contributed by atoms with van der Waals surface area (Å²) in [6.45, 7) is 0.348. The molecule has 0 spiro atoms. The molecule has 1 atom stereocenters. The van der Waals surface area contributed by atoms with Gasteiger partial charge in [0.1, 0.15) is 5.69 Å². The van der Waals surface area contributed by atoms with Gasteiger partial charge in [0.2, 0.25) is 6.17 Å². The van der Waals surface area contributed by atoms with Gasteiger partial charge < -0.3 is 10.2 Å². The first kappa shape index (κ1) is 21.6. The fraction of sp³-hybridized carbons (Fsp3) is 0.111. The molecule has 4 aromatic rings. The number of pyridine rings is 1. The second kappa shape index (κ2) is 8.38. The molecule has 9 nitrogen and oxygen atoms in total. The lowest BCUT2D eigenvalue weighted by molar-refractivity contribution is -0.384. The Morgan fingerprint density at radius 2 is 1.78 bits per heavy atom. The Balaban J connectivity index is 1.46. The highest BCUT2D eigenvalue weighted by Gasteiger charge is 2.38. The van der Waals surface area contributed by atoms with E-state index in [1.807, 2.05) is 54.6 Å². The summed E-state index contributed by atoms with van der Waals surface area (Å²) in [4.78, 5) is 48.5. The van der Waals surface area contributed by atoms with E-state index in [2.05, 4.69) is 15.3 Å². The molecule has 0 saturated heterocycles. The lowest BCUT2D eigenvalue weighted by atomic mass is 9.97. The van der Waals surface area contributed by atoms with Crippen molar-refractivity contribution < 1.29 is 14.5 Å². The highest BCUT2D eigenvalue weighted by atomic mass is 16.6. The van der Waals surface area contributed by atoms with Crippen molar-refractivity contribution >= 4 is 39.7 Å². The number of amides is 2. The van der Waals surface area contributed by atoms with Crippen LogP contribution in [0.25, 0.3) is 10.8 Å². The minimum absolute atomic E-state index is 0.0653. The number of hydrogen-bond acceptors (Lipinski definition) is 6. The molecular formula is C27H19N5O4. The van der Waals surface area contributed by atoms with E-state index in [1.54, 1.807) is 17.2 Å². The monoisotopic (exact) mass is 477 g/mol. The molecule has 2 amide bonds. The smallest absolute Gasteiger partial charge is 0.272 e. The van der Waals surface area contributed by atoms with Gasteiger partial charge in [-0.2, -0.15) is 0 Å². The molecule has 2 aliphatic heterocycles. The van der Waals surface area contributed by atoms with E-state index in [1.165, 1.54) is 12.1 Å². The Morgan fingerprint density at radius 1 is 1.03 bits per heavy atom. The Labute approximate surface area is 205 Å². The summed E-state index contributed by atoms with van der Waals surface area (Å²) in [5.41, 5.74) is 3.00. The Hall–Kier alpha value is -4.92. The summed E-state index contributed by atoms with van der Waals surface area (Å²) in [6, 6.07) is 21.3. The van der Waals surface area contributed by atoms with Crippen LogP contribution in [0.3, 0.4) is 0 Å². The molecule has 3 aromatic carbocycles. The highest BCUT2D eigenvalue weighted by molar-refractivity contribution is 6.21. The molecule has 2 aliphatic rings. The summed E-state index contributed by atoms with van der Waals surface area (Å²) < 4.78 is 0. The molecule has 0 saturated carbocycles. The number of non-ortho nitro benzene ring substituents is 1. The quantitative estimate of drug-likeness (QED) is 0.356. The molecule has 9 heteroatoms.